The predicted molar refractivity (Wildman–Crippen MR) is 184 cm³/mol. The molecule has 2 aromatic heterocycles. The molecule has 0 unspecified atom stereocenters. The van der Waals surface area contributed by atoms with Crippen molar-refractivity contribution in [3.63, 3.8) is 0 Å². The average molecular weight is 655 g/mol. The van der Waals surface area contributed by atoms with Gasteiger partial charge in [0.2, 0.25) is 5.91 Å². The highest BCUT2D eigenvalue weighted by Gasteiger charge is 2.35. The molecule has 0 aliphatic carbocycles. The molecule has 246 valence electrons. The Morgan fingerprint density at radius 1 is 1.00 bits per heavy atom. The number of carbonyl (C=O) groups is 3. The Bertz CT molecular complexity index is 1740. The Balaban J connectivity index is 1.31. The maximum Gasteiger partial charge on any atom is 0.308 e. The summed E-state index contributed by atoms with van der Waals surface area (Å²) in [6.07, 6.45) is 4.35. The van der Waals surface area contributed by atoms with Crippen LogP contribution in [0, 0.1) is 12.8 Å². The maximum atomic E-state index is 13.7. The van der Waals surface area contributed by atoms with E-state index >= 15 is 0 Å². The Hall–Kier alpha value is -4.57. The summed E-state index contributed by atoms with van der Waals surface area (Å²) in [5.41, 5.74) is 4.51. The minimum Gasteiger partial charge on any atom is -0.491 e. The van der Waals surface area contributed by atoms with Crippen molar-refractivity contribution in [1.29, 1.82) is 0 Å². The summed E-state index contributed by atoms with van der Waals surface area (Å²) in [7, 11) is 0. The molecule has 4 aromatic rings. The number of carboxylic acids is 1. The zero-order valence-electron chi connectivity index (χ0n) is 27.7. The number of nitrogens with zero attached hydrogens (tertiary/aromatic N) is 3. The molecule has 0 radical (unpaired) electrons. The summed E-state index contributed by atoms with van der Waals surface area (Å²) < 4.78 is 5.86. The van der Waals surface area contributed by atoms with Crippen molar-refractivity contribution in [2.75, 3.05) is 13.1 Å². The fraction of sp³-hybridized carbons (Fsp3) is 0.378. The summed E-state index contributed by atoms with van der Waals surface area (Å²) in [5, 5.41) is 12.4. The average Bonchev–Trinajstić information content (AvgIpc) is 3.73. The highest BCUT2D eigenvalue weighted by atomic mass is 32.1. The first-order valence-corrected chi connectivity index (χ1v) is 16.7. The summed E-state index contributed by atoms with van der Waals surface area (Å²) in [5.74, 6) is -0.686. The second-order valence-corrected chi connectivity index (χ2v) is 14.5. The van der Waals surface area contributed by atoms with Crippen LogP contribution < -0.4 is 10.1 Å². The number of nitrogens with one attached hydrogen (secondary N) is 1. The first kappa shape index (κ1) is 33.8. The molecule has 2 amide bonds. The number of ether oxygens (including phenoxy) is 1. The molecule has 1 saturated heterocycles. The van der Waals surface area contributed by atoms with Gasteiger partial charge in [-0.05, 0) is 73.6 Å². The van der Waals surface area contributed by atoms with Gasteiger partial charge in [-0.3, -0.25) is 14.4 Å². The number of aryl methyl sites for hydroxylation is 1. The molecule has 3 heterocycles. The van der Waals surface area contributed by atoms with Gasteiger partial charge in [-0.1, -0.05) is 51.1 Å². The van der Waals surface area contributed by atoms with Gasteiger partial charge < -0.3 is 20.1 Å². The zero-order valence-corrected chi connectivity index (χ0v) is 28.6. The Labute approximate surface area is 280 Å². The summed E-state index contributed by atoms with van der Waals surface area (Å²) in [6.45, 7) is 12.8. The molecule has 2 atom stereocenters. The van der Waals surface area contributed by atoms with Gasteiger partial charge in [-0.15, -0.1) is 11.3 Å². The van der Waals surface area contributed by atoms with E-state index in [0.717, 1.165) is 38.4 Å². The number of likely N-dealkylation sites (tertiary alicyclic amines) is 1. The lowest BCUT2D eigenvalue weighted by Gasteiger charge is -2.24. The van der Waals surface area contributed by atoms with E-state index in [1.54, 1.807) is 23.4 Å². The normalized spacial score (nSPS) is 15.5. The number of rotatable bonds is 10. The van der Waals surface area contributed by atoms with Crippen LogP contribution in [0.4, 0.5) is 0 Å². The SMILES string of the molecule is Cc1cc(-c2cnc(-c3ccc(C[C@H](NC(=O)c4ccc(C(C)(C)C)s4)C(=O)N4CC[C@H](C(=O)O)C4)cc3)nc2)ccc1OC(C)C. The van der Waals surface area contributed by atoms with Crippen LogP contribution in [0.3, 0.4) is 0 Å². The second kappa shape index (κ2) is 14.0. The lowest BCUT2D eigenvalue weighted by Crippen LogP contribution is -2.49. The Morgan fingerprint density at radius 3 is 2.26 bits per heavy atom. The fourth-order valence-electron chi connectivity index (χ4n) is 5.54. The highest BCUT2D eigenvalue weighted by molar-refractivity contribution is 7.14. The van der Waals surface area contributed by atoms with Gasteiger partial charge in [0.05, 0.1) is 16.9 Å². The van der Waals surface area contributed by atoms with Gasteiger partial charge in [0.25, 0.3) is 5.91 Å². The molecule has 2 aromatic carbocycles. The lowest BCUT2D eigenvalue weighted by atomic mass is 9.95. The molecule has 0 spiro atoms. The van der Waals surface area contributed by atoms with Crippen LogP contribution in [0.2, 0.25) is 0 Å². The first-order valence-electron chi connectivity index (χ1n) is 15.9. The molecule has 1 aliphatic rings. The molecular weight excluding hydrogens is 612 g/mol. The molecule has 0 bridgehead atoms. The van der Waals surface area contributed by atoms with Crippen molar-refractivity contribution in [2.24, 2.45) is 5.92 Å². The molecule has 1 fully saturated rings. The van der Waals surface area contributed by atoms with Crippen LogP contribution in [0.1, 0.15) is 66.7 Å². The third-order valence-corrected chi connectivity index (χ3v) is 9.71. The van der Waals surface area contributed by atoms with Crippen molar-refractivity contribution in [3.05, 3.63) is 87.9 Å². The van der Waals surface area contributed by atoms with Crippen molar-refractivity contribution in [3.8, 4) is 28.3 Å². The van der Waals surface area contributed by atoms with Gasteiger partial charge >= 0.3 is 5.97 Å². The quantitative estimate of drug-likeness (QED) is 0.199. The van der Waals surface area contributed by atoms with Crippen LogP contribution in [0.15, 0.2) is 67.0 Å². The maximum absolute atomic E-state index is 13.7. The van der Waals surface area contributed by atoms with E-state index in [-0.39, 0.29) is 36.3 Å². The van der Waals surface area contributed by atoms with E-state index in [0.29, 0.717) is 23.7 Å². The number of amides is 2. The fourth-order valence-corrected chi connectivity index (χ4v) is 6.51. The largest absolute Gasteiger partial charge is 0.491 e. The number of hydrogen-bond donors (Lipinski definition) is 2. The number of carbonyl (C=O) groups excluding carboxylic acids is 2. The molecular formula is C37H42N4O5S. The van der Waals surface area contributed by atoms with Crippen LogP contribution >= 0.6 is 11.3 Å². The number of hydrogen-bond acceptors (Lipinski definition) is 7. The van der Waals surface area contributed by atoms with E-state index in [4.69, 9.17) is 4.74 Å². The van der Waals surface area contributed by atoms with Crippen LogP contribution in [-0.2, 0) is 21.4 Å². The van der Waals surface area contributed by atoms with Crippen molar-refractivity contribution in [1.82, 2.24) is 20.2 Å². The molecule has 1 aliphatic heterocycles. The molecule has 2 N–H and O–H groups in total. The van der Waals surface area contributed by atoms with E-state index in [2.05, 4.69) is 42.1 Å². The number of aliphatic carboxylic acids is 1. The zero-order chi connectivity index (χ0) is 33.9. The van der Waals surface area contributed by atoms with Gasteiger partial charge in [0, 0.05) is 47.9 Å². The summed E-state index contributed by atoms with van der Waals surface area (Å²) in [6, 6.07) is 16.5. The second-order valence-electron chi connectivity index (χ2n) is 13.4. The molecule has 9 nitrogen and oxygen atoms in total. The topological polar surface area (TPSA) is 122 Å². The van der Waals surface area contributed by atoms with Gasteiger partial charge in [-0.2, -0.15) is 0 Å². The number of thiophene rings is 1. The number of carboxylic acid groups (broad SMARTS) is 1. The predicted octanol–water partition coefficient (Wildman–Crippen LogP) is 6.54. The Kier molecular flexibility index (Phi) is 10.1. The molecule has 5 rings (SSSR count). The minimum absolute atomic E-state index is 0.0984. The molecule has 47 heavy (non-hydrogen) atoms. The highest BCUT2D eigenvalue weighted by Crippen LogP contribution is 2.30. The third kappa shape index (κ3) is 8.24. The van der Waals surface area contributed by atoms with E-state index in [9.17, 15) is 19.5 Å². The lowest BCUT2D eigenvalue weighted by molar-refractivity contribution is -0.141. The summed E-state index contributed by atoms with van der Waals surface area (Å²) in [4.78, 5) is 50.9. The van der Waals surface area contributed by atoms with E-state index < -0.39 is 17.9 Å². The Morgan fingerprint density at radius 2 is 1.68 bits per heavy atom. The van der Waals surface area contributed by atoms with Gasteiger partial charge in [0.1, 0.15) is 11.8 Å². The van der Waals surface area contributed by atoms with Crippen molar-refractivity contribution >= 4 is 29.1 Å². The van der Waals surface area contributed by atoms with Crippen LogP contribution in [0.25, 0.3) is 22.5 Å². The van der Waals surface area contributed by atoms with Gasteiger partial charge in [0.15, 0.2) is 5.82 Å². The smallest absolute Gasteiger partial charge is 0.308 e. The van der Waals surface area contributed by atoms with Crippen molar-refractivity contribution < 1.29 is 24.2 Å². The minimum atomic E-state index is -0.913. The molecule has 10 heteroatoms. The van der Waals surface area contributed by atoms with Crippen LogP contribution in [-0.4, -0.2) is 63.0 Å². The number of aromatic nitrogens is 2. The van der Waals surface area contributed by atoms with Crippen LogP contribution in [0.5, 0.6) is 5.75 Å². The van der Waals surface area contributed by atoms with Gasteiger partial charge in [-0.25, -0.2) is 9.97 Å². The monoisotopic (exact) mass is 654 g/mol. The van der Waals surface area contributed by atoms with E-state index in [1.165, 1.54) is 11.3 Å². The first-order chi connectivity index (χ1) is 22.3. The van der Waals surface area contributed by atoms with E-state index in [1.807, 2.05) is 63.2 Å². The molecule has 0 saturated carbocycles. The summed E-state index contributed by atoms with van der Waals surface area (Å²) >= 11 is 1.41. The van der Waals surface area contributed by atoms with Crippen molar-refractivity contribution in [2.45, 2.75) is 71.9 Å². The standard InChI is InChI=1S/C37H42N4O5S/c1-22(2)46-30-12-11-26(17-23(30)3)28-19-38-33(39-20-28)25-9-7-24(8-10-25)18-29(35(43)41-16-15-27(21-41)36(44)45)40-34(42)31-13-14-32(47-31)37(4,5)6/h7-14,17,19-20,22,27,29H,15-16,18,21H2,1-6H3,(H,40,42)(H,44,45)/t27-,29-/m0/s1. The number of benzene rings is 2. The third-order valence-electron chi connectivity index (χ3n) is 8.20.